The molecule has 1 aliphatic heterocycles. The van der Waals surface area contributed by atoms with Gasteiger partial charge in [0.1, 0.15) is 0 Å². The van der Waals surface area contributed by atoms with Gasteiger partial charge in [-0.15, -0.1) is 0 Å². The summed E-state index contributed by atoms with van der Waals surface area (Å²) in [7, 11) is 0. The van der Waals surface area contributed by atoms with E-state index in [1.165, 1.54) is 27.1 Å². The quantitative estimate of drug-likeness (QED) is 0.558. The molecule has 4 aromatic rings. The molecule has 1 fully saturated rings. The monoisotopic (exact) mass is 352 g/mol. The molecule has 1 heterocycles. The third kappa shape index (κ3) is 2.96. The molecule has 1 amide bonds. The number of piperazine rings is 1. The fraction of sp³-hybridized carbons (Fsp3) is 0.125. The molecule has 0 aromatic heterocycles. The van der Waals surface area contributed by atoms with Gasteiger partial charge in [0.05, 0.1) is 18.6 Å². The highest BCUT2D eigenvalue weighted by Crippen LogP contribution is 2.33. The van der Waals surface area contributed by atoms with E-state index < -0.39 is 0 Å². The summed E-state index contributed by atoms with van der Waals surface area (Å²) in [5, 5.41) is 11.5. The molecule has 1 saturated heterocycles. The van der Waals surface area contributed by atoms with Crippen molar-refractivity contribution in [2.75, 3.05) is 6.54 Å². The predicted octanol–water partition coefficient (Wildman–Crippen LogP) is 4.49. The number of amides is 1. The minimum atomic E-state index is -0.1000. The third-order valence-corrected chi connectivity index (χ3v) is 5.40. The van der Waals surface area contributed by atoms with Crippen LogP contribution in [0.3, 0.4) is 0 Å². The van der Waals surface area contributed by atoms with E-state index in [2.05, 4.69) is 83.4 Å². The second-order valence-electron chi connectivity index (χ2n) is 7.12. The largest absolute Gasteiger partial charge is 0.346 e. The Bertz CT molecular complexity index is 1150. The first kappa shape index (κ1) is 16.0. The Morgan fingerprint density at radius 3 is 1.74 bits per heavy atom. The van der Waals surface area contributed by atoms with Crippen molar-refractivity contribution in [1.29, 1.82) is 0 Å². The summed E-state index contributed by atoms with van der Waals surface area (Å²) in [6, 6.07) is 29.6. The van der Waals surface area contributed by atoms with Crippen molar-refractivity contribution in [2.24, 2.45) is 0 Å². The van der Waals surface area contributed by atoms with Crippen LogP contribution in [0, 0.1) is 0 Å². The van der Waals surface area contributed by atoms with Crippen LogP contribution in [0.15, 0.2) is 84.9 Å². The van der Waals surface area contributed by atoms with Crippen LogP contribution in [0.4, 0.5) is 0 Å². The number of rotatable bonds is 2. The molecule has 2 unspecified atom stereocenters. The van der Waals surface area contributed by atoms with E-state index in [9.17, 15) is 4.79 Å². The molecule has 1 aliphatic rings. The van der Waals surface area contributed by atoms with Gasteiger partial charge in [0, 0.05) is 0 Å². The van der Waals surface area contributed by atoms with E-state index in [0.717, 1.165) is 5.56 Å². The summed E-state index contributed by atoms with van der Waals surface area (Å²) in [4.78, 5) is 12.1. The van der Waals surface area contributed by atoms with Gasteiger partial charge in [-0.2, -0.15) is 0 Å². The molecule has 3 nitrogen and oxygen atoms in total. The molecule has 27 heavy (non-hydrogen) atoms. The van der Waals surface area contributed by atoms with E-state index in [-0.39, 0.29) is 18.0 Å². The molecule has 2 N–H and O–H groups in total. The Labute approximate surface area is 158 Å². The molecular weight excluding hydrogens is 332 g/mol. The lowest BCUT2D eigenvalue weighted by Crippen LogP contribution is -2.49. The van der Waals surface area contributed by atoms with Gasteiger partial charge in [0.2, 0.25) is 5.91 Å². The van der Waals surface area contributed by atoms with E-state index >= 15 is 0 Å². The van der Waals surface area contributed by atoms with Crippen molar-refractivity contribution in [3.63, 3.8) is 0 Å². The van der Waals surface area contributed by atoms with Crippen LogP contribution >= 0.6 is 0 Å². The van der Waals surface area contributed by atoms with Gasteiger partial charge in [0.15, 0.2) is 0 Å². The molecular formula is C24H20N2O. The maximum Gasteiger partial charge on any atom is 0.234 e. The van der Waals surface area contributed by atoms with Crippen molar-refractivity contribution < 1.29 is 4.79 Å². The smallest absolute Gasteiger partial charge is 0.234 e. The number of hydrogen-bond acceptors (Lipinski definition) is 2. The van der Waals surface area contributed by atoms with Gasteiger partial charge >= 0.3 is 0 Å². The number of benzene rings is 4. The van der Waals surface area contributed by atoms with Crippen LogP contribution in [0.25, 0.3) is 21.5 Å². The van der Waals surface area contributed by atoms with Gasteiger partial charge in [-0.3, -0.25) is 10.1 Å². The molecule has 0 spiro atoms. The molecule has 132 valence electrons. The number of fused-ring (bicyclic) bond motifs is 2. The molecule has 3 heteroatoms. The molecule has 4 aromatic carbocycles. The van der Waals surface area contributed by atoms with Crippen molar-refractivity contribution in [2.45, 2.75) is 12.1 Å². The number of carbonyl (C=O) groups is 1. The Balaban J connectivity index is 1.58. The maximum atomic E-state index is 12.1. The van der Waals surface area contributed by atoms with Crippen LogP contribution < -0.4 is 10.6 Å². The number of hydrogen-bond donors (Lipinski definition) is 2. The topological polar surface area (TPSA) is 41.1 Å². The standard InChI is InChI=1S/C24H20N2O/c27-22-15-25-23(20-11-9-16-5-1-3-7-18(16)13-20)24(26-22)21-12-10-17-6-2-4-8-19(17)14-21/h1-14,23-25H,15H2,(H,26,27). The van der Waals surface area contributed by atoms with E-state index in [4.69, 9.17) is 0 Å². The number of nitrogens with one attached hydrogen (secondary N) is 2. The van der Waals surface area contributed by atoms with Gasteiger partial charge in [0.25, 0.3) is 0 Å². The predicted molar refractivity (Wildman–Crippen MR) is 110 cm³/mol. The SMILES string of the molecule is O=C1CNC(c2ccc3ccccc3c2)C(c2ccc3ccccc3c2)N1. The Morgan fingerprint density at radius 2 is 1.15 bits per heavy atom. The van der Waals surface area contributed by atoms with Crippen LogP contribution in [0.5, 0.6) is 0 Å². The maximum absolute atomic E-state index is 12.1. The summed E-state index contributed by atoms with van der Waals surface area (Å²) in [6.07, 6.45) is 0. The molecule has 0 saturated carbocycles. The molecule has 0 aliphatic carbocycles. The van der Waals surface area contributed by atoms with Crippen molar-refractivity contribution >= 4 is 27.5 Å². The summed E-state index contributed by atoms with van der Waals surface area (Å²) >= 11 is 0. The second-order valence-corrected chi connectivity index (χ2v) is 7.12. The Morgan fingerprint density at radius 1 is 0.630 bits per heavy atom. The van der Waals surface area contributed by atoms with E-state index in [1.54, 1.807) is 0 Å². The average Bonchev–Trinajstić information content (AvgIpc) is 2.73. The van der Waals surface area contributed by atoms with E-state index in [1.807, 2.05) is 12.1 Å². The van der Waals surface area contributed by atoms with Crippen LogP contribution in [0.1, 0.15) is 23.2 Å². The first-order valence-corrected chi connectivity index (χ1v) is 9.28. The lowest BCUT2D eigenvalue weighted by molar-refractivity contribution is -0.123. The fourth-order valence-corrected chi connectivity index (χ4v) is 4.02. The average molecular weight is 352 g/mol. The summed E-state index contributed by atoms with van der Waals surface area (Å²) in [5.74, 6) is 0.0326. The Kier molecular flexibility index (Phi) is 3.88. The summed E-state index contributed by atoms with van der Waals surface area (Å²) in [5.41, 5.74) is 2.30. The first-order valence-electron chi connectivity index (χ1n) is 9.28. The van der Waals surface area contributed by atoms with Crippen molar-refractivity contribution in [3.05, 3.63) is 96.1 Å². The van der Waals surface area contributed by atoms with Gasteiger partial charge in [-0.25, -0.2) is 0 Å². The second kappa shape index (κ2) is 6.53. The molecule has 0 bridgehead atoms. The van der Waals surface area contributed by atoms with Crippen LogP contribution in [-0.4, -0.2) is 12.5 Å². The van der Waals surface area contributed by atoms with Gasteiger partial charge in [-0.05, 0) is 44.8 Å². The van der Waals surface area contributed by atoms with Crippen LogP contribution in [-0.2, 0) is 4.79 Å². The molecule has 2 atom stereocenters. The third-order valence-electron chi connectivity index (χ3n) is 5.40. The van der Waals surface area contributed by atoms with Crippen molar-refractivity contribution in [3.8, 4) is 0 Å². The zero-order valence-corrected chi connectivity index (χ0v) is 14.9. The highest BCUT2D eigenvalue weighted by molar-refractivity contribution is 5.85. The Hall–Kier alpha value is -3.17. The minimum absolute atomic E-state index is 0.0326. The zero-order chi connectivity index (χ0) is 18.2. The normalized spacial score (nSPS) is 19.9. The van der Waals surface area contributed by atoms with Crippen molar-refractivity contribution in [1.82, 2.24) is 10.6 Å². The first-order chi connectivity index (χ1) is 13.3. The van der Waals surface area contributed by atoms with Gasteiger partial charge in [-0.1, -0.05) is 72.8 Å². The molecule has 5 rings (SSSR count). The van der Waals surface area contributed by atoms with Crippen LogP contribution in [0.2, 0.25) is 0 Å². The van der Waals surface area contributed by atoms with Gasteiger partial charge < -0.3 is 5.32 Å². The summed E-state index contributed by atoms with van der Waals surface area (Å²) in [6.45, 7) is 0.335. The minimum Gasteiger partial charge on any atom is -0.346 e. The highest BCUT2D eigenvalue weighted by atomic mass is 16.2. The lowest BCUT2D eigenvalue weighted by Gasteiger charge is -2.34. The summed E-state index contributed by atoms with van der Waals surface area (Å²) < 4.78 is 0. The highest BCUT2D eigenvalue weighted by Gasteiger charge is 2.30. The number of carbonyl (C=O) groups excluding carboxylic acids is 1. The fourth-order valence-electron chi connectivity index (χ4n) is 4.02. The van der Waals surface area contributed by atoms with E-state index in [0.29, 0.717) is 6.54 Å². The zero-order valence-electron chi connectivity index (χ0n) is 14.9. The lowest BCUT2D eigenvalue weighted by atomic mass is 9.89. The molecule has 0 radical (unpaired) electrons.